The van der Waals surface area contributed by atoms with Crippen LogP contribution in [-0.4, -0.2) is 41.6 Å². The molecule has 0 aliphatic heterocycles. The van der Waals surface area contributed by atoms with E-state index in [1.165, 1.54) is 12.8 Å². The Bertz CT molecular complexity index is 603. The van der Waals surface area contributed by atoms with Crippen LogP contribution < -0.4 is 11.1 Å². The minimum Gasteiger partial charge on any atom is -0.343 e. The molecule has 0 saturated heterocycles. The first-order valence-electron chi connectivity index (χ1n) is 10.0. The van der Waals surface area contributed by atoms with E-state index in [1.54, 1.807) is 0 Å². The van der Waals surface area contributed by atoms with E-state index in [0.717, 1.165) is 44.9 Å². The van der Waals surface area contributed by atoms with Crippen LogP contribution in [0, 0.1) is 11.8 Å². The van der Waals surface area contributed by atoms with E-state index in [-0.39, 0.29) is 36.6 Å². The number of nitrogens with two attached hydrogens (primary N) is 1. The number of nitrogens with one attached hydrogen (secondary N) is 1. The van der Waals surface area contributed by atoms with E-state index in [1.807, 2.05) is 19.0 Å². The van der Waals surface area contributed by atoms with Gasteiger partial charge in [-0.05, 0) is 52.2 Å². The van der Waals surface area contributed by atoms with Gasteiger partial charge in [0.25, 0.3) is 0 Å². The van der Waals surface area contributed by atoms with Crippen LogP contribution in [0.15, 0.2) is 4.52 Å². The number of rotatable bonds is 6. The van der Waals surface area contributed by atoms with Crippen molar-refractivity contribution in [3.8, 4) is 0 Å². The van der Waals surface area contributed by atoms with Gasteiger partial charge in [-0.15, -0.1) is 24.8 Å². The molecule has 9 heteroatoms. The molecule has 3 N–H and O–H groups in total. The molecular formula is C19H35Cl2N5O2. The van der Waals surface area contributed by atoms with Crippen molar-refractivity contribution in [2.45, 2.75) is 69.9 Å². The van der Waals surface area contributed by atoms with Crippen molar-refractivity contribution < 1.29 is 9.32 Å². The molecule has 2 atom stereocenters. The summed E-state index contributed by atoms with van der Waals surface area (Å²) < 4.78 is 5.47. The fraction of sp³-hybridized carbons (Fsp3) is 0.842. The van der Waals surface area contributed by atoms with Crippen molar-refractivity contribution >= 4 is 30.7 Å². The molecule has 0 radical (unpaired) electrons. The number of aromatic nitrogens is 2. The largest absolute Gasteiger partial charge is 0.343 e. The zero-order valence-corrected chi connectivity index (χ0v) is 18.6. The van der Waals surface area contributed by atoms with Crippen LogP contribution in [0.1, 0.15) is 69.5 Å². The Morgan fingerprint density at radius 3 is 2.46 bits per heavy atom. The smallest absolute Gasteiger partial charge is 0.240 e. The Morgan fingerprint density at radius 1 is 1.18 bits per heavy atom. The number of amides is 1. The van der Waals surface area contributed by atoms with Gasteiger partial charge < -0.3 is 20.5 Å². The highest BCUT2D eigenvalue weighted by Gasteiger charge is 2.42. The molecule has 7 nitrogen and oxygen atoms in total. The first-order valence-corrected chi connectivity index (χ1v) is 10.0. The third-order valence-electron chi connectivity index (χ3n) is 5.97. The van der Waals surface area contributed by atoms with Crippen LogP contribution in [0.25, 0.3) is 0 Å². The third kappa shape index (κ3) is 5.81. The lowest BCUT2D eigenvalue weighted by Gasteiger charge is -2.32. The Labute approximate surface area is 180 Å². The van der Waals surface area contributed by atoms with Gasteiger partial charge in [0, 0.05) is 5.92 Å². The summed E-state index contributed by atoms with van der Waals surface area (Å²) in [4.78, 5) is 19.7. The fourth-order valence-electron chi connectivity index (χ4n) is 4.51. The molecule has 2 fully saturated rings. The van der Waals surface area contributed by atoms with Crippen LogP contribution in [0.3, 0.4) is 0 Å². The van der Waals surface area contributed by atoms with Gasteiger partial charge in [0.15, 0.2) is 5.82 Å². The second-order valence-electron chi connectivity index (χ2n) is 8.27. The lowest BCUT2D eigenvalue weighted by atomic mass is 9.87. The molecule has 1 amide bonds. The minimum atomic E-state index is -0.497. The van der Waals surface area contributed by atoms with E-state index in [4.69, 9.17) is 10.3 Å². The first kappa shape index (κ1) is 25.1. The van der Waals surface area contributed by atoms with Gasteiger partial charge in [0.1, 0.15) is 5.54 Å². The number of carbonyl (C=O) groups excluding carboxylic acids is 1. The van der Waals surface area contributed by atoms with Crippen molar-refractivity contribution in [3.05, 3.63) is 11.7 Å². The van der Waals surface area contributed by atoms with Crippen LogP contribution >= 0.6 is 24.8 Å². The van der Waals surface area contributed by atoms with E-state index < -0.39 is 5.54 Å². The maximum atomic E-state index is 13.1. The third-order valence-corrected chi connectivity index (χ3v) is 5.97. The first-order chi connectivity index (χ1) is 12.5. The maximum absolute atomic E-state index is 13.1. The average Bonchev–Trinajstić information content (AvgIpc) is 3.21. The summed E-state index contributed by atoms with van der Waals surface area (Å²) >= 11 is 0. The summed E-state index contributed by atoms with van der Waals surface area (Å²) in [6.45, 7) is 1.19. The molecule has 0 aromatic carbocycles. The molecule has 0 unspecified atom stereocenters. The molecule has 2 saturated carbocycles. The van der Waals surface area contributed by atoms with Crippen LogP contribution in [0.2, 0.25) is 0 Å². The van der Waals surface area contributed by atoms with E-state index in [0.29, 0.717) is 30.7 Å². The number of halogens is 2. The predicted molar refractivity (Wildman–Crippen MR) is 114 cm³/mol. The Hall–Kier alpha value is -0.890. The zero-order chi connectivity index (χ0) is 18.6. The second kappa shape index (κ2) is 11.3. The highest BCUT2D eigenvalue weighted by molar-refractivity contribution is 5.85. The summed E-state index contributed by atoms with van der Waals surface area (Å²) in [6.07, 6.45) is 9.34. The Morgan fingerprint density at radius 2 is 1.86 bits per heavy atom. The summed E-state index contributed by atoms with van der Waals surface area (Å²) in [7, 11) is 3.94. The highest BCUT2D eigenvalue weighted by Crippen LogP contribution is 2.37. The fourth-order valence-corrected chi connectivity index (χ4v) is 4.51. The Balaban J connectivity index is 0.00000196. The lowest BCUT2D eigenvalue weighted by Crippen LogP contribution is -2.49. The SMILES string of the molecule is CN(C)Cc1nc(C2(NC(=O)[C@@H]3CCC[C@@H]3CN)CCCCCC2)no1.Cl.Cl. The molecule has 1 aromatic rings. The number of nitrogens with zero attached hydrogens (tertiary/aromatic N) is 3. The maximum Gasteiger partial charge on any atom is 0.240 e. The Kier molecular flexibility index (Phi) is 10.2. The molecule has 1 heterocycles. The molecule has 28 heavy (non-hydrogen) atoms. The summed E-state index contributed by atoms with van der Waals surface area (Å²) in [6, 6.07) is 0. The van der Waals surface area contributed by atoms with E-state index in [9.17, 15) is 4.79 Å². The molecule has 0 bridgehead atoms. The van der Waals surface area contributed by atoms with Crippen LogP contribution in [-0.2, 0) is 16.9 Å². The molecule has 3 rings (SSSR count). The average molecular weight is 436 g/mol. The highest BCUT2D eigenvalue weighted by atomic mass is 35.5. The molecule has 2 aliphatic carbocycles. The van der Waals surface area contributed by atoms with Crippen molar-refractivity contribution in [2.75, 3.05) is 20.6 Å². The zero-order valence-electron chi connectivity index (χ0n) is 17.0. The van der Waals surface area contributed by atoms with Crippen molar-refractivity contribution in [2.24, 2.45) is 17.6 Å². The van der Waals surface area contributed by atoms with Crippen LogP contribution in [0.4, 0.5) is 0 Å². The molecule has 2 aliphatic rings. The standard InChI is InChI=1S/C19H33N5O2.2ClH/c1-24(2)13-16-21-18(23-26-16)19(10-5-3-4-6-11-19)22-17(25)15-9-7-8-14(15)12-20;;/h14-15H,3-13,20H2,1-2H3,(H,22,25);2*1H/t14-,15-;;/m1../s1. The summed E-state index contributed by atoms with van der Waals surface area (Å²) in [5, 5.41) is 7.64. The van der Waals surface area contributed by atoms with Gasteiger partial charge in [0.05, 0.1) is 6.54 Å². The topological polar surface area (TPSA) is 97.3 Å². The molecule has 1 aromatic heterocycles. The lowest BCUT2D eigenvalue weighted by molar-refractivity contribution is -0.128. The number of hydrogen-bond acceptors (Lipinski definition) is 6. The quantitative estimate of drug-likeness (QED) is 0.666. The number of carbonyl (C=O) groups is 1. The van der Waals surface area contributed by atoms with Gasteiger partial charge >= 0.3 is 0 Å². The van der Waals surface area contributed by atoms with E-state index >= 15 is 0 Å². The molecule has 0 spiro atoms. The summed E-state index contributed by atoms with van der Waals surface area (Å²) in [5.41, 5.74) is 5.39. The number of hydrogen-bond donors (Lipinski definition) is 2. The van der Waals surface area contributed by atoms with Gasteiger partial charge in [-0.25, -0.2) is 0 Å². The van der Waals surface area contributed by atoms with Gasteiger partial charge in [-0.2, -0.15) is 4.98 Å². The predicted octanol–water partition coefficient (Wildman–Crippen LogP) is 3.02. The monoisotopic (exact) mass is 435 g/mol. The molecule has 162 valence electrons. The van der Waals surface area contributed by atoms with Crippen molar-refractivity contribution in [1.29, 1.82) is 0 Å². The molecular weight excluding hydrogens is 401 g/mol. The van der Waals surface area contributed by atoms with Crippen LogP contribution in [0.5, 0.6) is 0 Å². The van der Waals surface area contributed by atoms with Gasteiger partial charge in [0.2, 0.25) is 11.8 Å². The van der Waals surface area contributed by atoms with Gasteiger partial charge in [-0.1, -0.05) is 37.3 Å². The minimum absolute atomic E-state index is 0. The van der Waals surface area contributed by atoms with Crippen molar-refractivity contribution in [1.82, 2.24) is 20.4 Å². The second-order valence-corrected chi connectivity index (χ2v) is 8.27. The van der Waals surface area contributed by atoms with Gasteiger partial charge in [-0.3, -0.25) is 4.79 Å². The van der Waals surface area contributed by atoms with E-state index in [2.05, 4.69) is 15.5 Å². The normalized spacial score (nSPS) is 24.1. The van der Waals surface area contributed by atoms with Crippen molar-refractivity contribution in [3.63, 3.8) is 0 Å². The summed E-state index contributed by atoms with van der Waals surface area (Å²) in [5.74, 6) is 1.69.